The topological polar surface area (TPSA) is 76.5 Å². The van der Waals surface area contributed by atoms with Crippen LogP contribution in [-0.2, 0) is 0 Å². The molecule has 38 heavy (non-hydrogen) atoms. The van der Waals surface area contributed by atoms with Crippen molar-refractivity contribution in [3.8, 4) is 21.7 Å². The van der Waals surface area contributed by atoms with Crippen LogP contribution in [0, 0.1) is 18.8 Å². The van der Waals surface area contributed by atoms with Crippen LogP contribution in [0.1, 0.15) is 59.8 Å². The Balaban J connectivity index is 1.35. The van der Waals surface area contributed by atoms with Crippen molar-refractivity contribution in [3.05, 3.63) is 70.4 Å². The number of aromatic nitrogens is 3. The normalized spacial score (nSPS) is 20.8. The van der Waals surface area contributed by atoms with Gasteiger partial charge in [0.05, 0.1) is 10.6 Å². The molecule has 196 valence electrons. The van der Waals surface area contributed by atoms with Gasteiger partial charge in [-0.1, -0.05) is 44.0 Å². The van der Waals surface area contributed by atoms with Gasteiger partial charge in [0, 0.05) is 47.6 Å². The molecule has 1 aromatic carbocycles. The molecule has 4 aromatic rings. The third kappa shape index (κ3) is 4.81. The van der Waals surface area contributed by atoms with E-state index in [-0.39, 0.29) is 5.91 Å². The summed E-state index contributed by atoms with van der Waals surface area (Å²) in [4.78, 5) is 21.3. The number of carbonyl (C=O) groups is 1. The number of aryl methyl sites for hydroxylation is 1. The first-order chi connectivity index (χ1) is 18.4. The van der Waals surface area contributed by atoms with Crippen LogP contribution < -0.4 is 5.73 Å². The van der Waals surface area contributed by atoms with E-state index in [9.17, 15) is 4.79 Å². The Morgan fingerprint density at radius 3 is 2.55 bits per heavy atom. The molecule has 3 aromatic heterocycles. The van der Waals surface area contributed by atoms with Crippen molar-refractivity contribution >= 4 is 28.5 Å². The lowest BCUT2D eigenvalue weighted by molar-refractivity contribution is 0.100. The van der Waals surface area contributed by atoms with E-state index in [2.05, 4.69) is 54.2 Å². The lowest BCUT2D eigenvalue weighted by Gasteiger charge is -2.35. The number of primary amides is 1. The fourth-order valence-electron chi connectivity index (χ4n) is 6.08. The minimum absolute atomic E-state index is 0.330. The number of benzene rings is 1. The maximum absolute atomic E-state index is 12.6. The van der Waals surface area contributed by atoms with Crippen LogP contribution in [0.3, 0.4) is 0 Å². The van der Waals surface area contributed by atoms with Gasteiger partial charge in [-0.2, -0.15) is 5.10 Å². The van der Waals surface area contributed by atoms with Crippen LogP contribution >= 0.6 is 11.3 Å². The van der Waals surface area contributed by atoms with Crippen LogP contribution in [0.5, 0.6) is 0 Å². The summed E-state index contributed by atoms with van der Waals surface area (Å²) in [5.41, 5.74) is 14.8. The molecule has 6 rings (SSSR count). The molecule has 2 N–H and O–H groups in total. The fourth-order valence-corrected chi connectivity index (χ4v) is 7.12. The number of nitrogens with zero attached hydrogens (tertiary/aromatic N) is 4. The largest absolute Gasteiger partial charge is 0.365 e. The first-order valence-corrected chi connectivity index (χ1v) is 14.4. The van der Waals surface area contributed by atoms with Gasteiger partial charge >= 0.3 is 0 Å². The van der Waals surface area contributed by atoms with Gasteiger partial charge in [-0.3, -0.25) is 4.79 Å². The van der Waals surface area contributed by atoms with E-state index in [1.54, 1.807) is 0 Å². The van der Waals surface area contributed by atoms with Crippen LogP contribution in [0.2, 0.25) is 0 Å². The van der Waals surface area contributed by atoms with E-state index in [1.165, 1.54) is 48.2 Å². The SMILES string of the molecule is Cc1cnc2cc(-c3ccc(-c4cc(C5=C(C6CCC(C)CC6)CN(C)CC5)c(C(N)=O)s4)cc3)nn2c1. The van der Waals surface area contributed by atoms with Gasteiger partial charge in [0.2, 0.25) is 0 Å². The summed E-state index contributed by atoms with van der Waals surface area (Å²) in [7, 11) is 2.21. The summed E-state index contributed by atoms with van der Waals surface area (Å²) in [5, 5.41) is 4.70. The number of likely N-dealkylation sites (N-methyl/N-ethyl adjacent to an activating group) is 1. The highest BCUT2D eigenvalue weighted by atomic mass is 32.1. The van der Waals surface area contributed by atoms with E-state index in [1.807, 2.05) is 29.9 Å². The summed E-state index contributed by atoms with van der Waals surface area (Å²) in [5.74, 6) is 1.09. The minimum Gasteiger partial charge on any atom is -0.365 e. The smallest absolute Gasteiger partial charge is 0.259 e. The molecule has 7 heteroatoms. The molecule has 1 amide bonds. The van der Waals surface area contributed by atoms with Crippen molar-refractivity contribution in [2.24, 2.45) is 17.6 Å². The Morgan fingerprint density at radius 2 is 1.82 bits per heavy atom. The first-order valence-electron chi connectivity index (χ1n) is 13.6. The van der Waals surface area contributed by atoms with Gasteiger partial charge < -0.3 is 10.6 Å². The Morgan fingerprint density at radius 1 is 1.08 bits per heavy atom. The molecule has 1 aliphatic heterocycles. The zero-order valence-electron chi connectivity index (χ0n) is 22.4. The number of amides is 1. The van der Waals surface area contributed by atoms with E-state index in [0.717, 1.165) is 63.9 Å². The van der Waals surface area contributed by atoms with Gasteiger partial charge in [-0.25, -0.2) is 9.50 Å². The minimum atomic E-state index is -0.330. The predicted octanol–water partition coefficient (Wildman–Crippen LogP) is 6.45. The van der Waals surface area contributed by atoms with Crippen molar-refractivity contribution in [3.63, 3.8) is 0 Å². The lowest BCUT2D eigenvalue weighted by atomic mass is 9.75. The zero-order valence-corrected chi connectivity index (χ0v) is 23.2. The summed E-state index contributed by atoms with van der Waals surface area (Å²) in [6, 6.07) is 12.6. The maximum atomic E-state index is 12.6. The summed E-state index contributed by atoms with van der Waals surface area (Å²) < 4.78 is 1.82. The fraction of sp³-hybridized carbons (Fsp3) is 0.387. The number of nitrogens with two attached hydrogens (primary N) is 1. The quantitative estimate of drug-likeness (QED) is 0.325. The van der Waals surface area contributed by atoms with Crippen LogP contribution in [0.25, 0.3) is 32.9 Å². The Bertz CT molecular complexity index is 1520. The van der Waals surface area contributed by atoms with Crippen molar-refractivity contribution in [1.82, 2.24) is 19.5 Å². The molecule has 4 heterocycles. The molecule has 0 spiro atoms. The van der Waals surface area contributed by atoms with Crippen LogP contribution in [-0.4, -0.2) is 45.5 Å². The molecule has 1 fully saturated rings. The molecular weight excluding hydrogens is 490 g/mol. The van der Waals surface area contributed by atoms with Gasteiger partial charge in [0.1, 0.15) is 0 Å². The number of hydrogen-bond acceptors (Lipinski definition) is 5. The molecule has 0 atom stereocenters. The van der Waals surface area contributed by atoms with Crippen LogP contribution in [0.4, 0.5) is 0 Å². The molecule has 0 unspecified atom stereocenters. The first kappa shape index (κ1) is 25.0. The average Bonchev–Trinajstić information content (AvgIpc) is 3.54. The second-order valence-electron chi connectivity index (χ2n) is 11.2. The number of thiophene rings is 1. The standard InChI is InChI=1S/C31H35N5OS/c1-19-4-6-21(7-5-19)26-18-35(3)13-12-24(26)25-14-28(38-30(25)31(32)37)23-10-8-22(9-11-23)27-15-29-33-16-20(2)17-36(29)34-27/h8-11,14-17,19,21H,4-7,12-13,18H2,1-3H3,(H2,32,37). The summed E-state index contributed by atoms with van der Waals surface area (Å²) in [6.45, 7) is 6.37. The van der Waals surface area contributed by atoms with Crippen molar-refractivity contribution in [1.29, 1.82) is 0 Å². The highest BCUT2D eigenvalue weighted by Crippen LogP contribution is 2.43. The molecule has 1 saturated carbocycles. The number of carbonyl (C=O) groups excluding carboxylic acids is 1. The van der Waals surface area contributed by atoms with Crippen molar-refractivity contribution < 1.29 is 4.79 Å². The van der Waals surface area contributed by atoms with E-state index in [4.69, 9.17) is 10.8 Å². The Labute approximate surface area is 228 Å². The molecule has 1 aliphatic carbocycles. The number of hydrogen-bond donors (Lipinski definition) is 1. The number of fused-ring (bicyclic) bond motifs is 1. The molecule has 0 bridgehead atoms. The maximum Gasteiger partial charge on any atom is 0.259 e. The third-order valence-corrected chi connectivity index (χ3v) is 9.47. The molecule has 6 nitrogen and oxygen atoms in total. The average molecular weight is 526 g/mol. The molecule has 0 saturated heterocycles. The van der Waals surface area contributed by atoms with E-state index >= 15 is 0 Å². The van der Waals surface area contributed by atoms with Crippen LogP contribution in [0.15, 0.2) is 54.4 Å². The van der Waals surface area contributed by atoms with Gasteiger partial charge in [-0.05, 0) is 73.4 Å². The molecule has 2 aliphatic rings. The van der Waals surface area contributed by atoms with Crippen molar-refractivity contribution in [2.75, 3.05) is 20.1 Å². The van der Waals surface area contributed by atoms with E-state index < -0.39 is 0 Å². The summed E-state index contributed by atoms with van der Waals surface area (Å²) in [6.07, 6.45) is 9.88. The van der Waals surface area contributed by atoms with E-state index in [0.29, 0.717) is 10.8 Å². The van der Waals surface area contributed by atoms with Crippen molar-refractivity contribution in [2.45, 2.75) is 46.0 Å². The second-order valence-corrected chi connectivity index (χ2v) is 12.3. The zero-order chi connectivity index (χ0) is 26.4. The third-order valence-electron chi connectivity index (χ3n) is 8.27. The second kappa shape index (κ2) is 10.1. The highest BCUT2D eigenvalue weighted by Gasteiger charge is 2.30. The lowest BCUT2D eigenvalue weighted by Crippen LogP contribution is -2.32. The summed E-state index contributed by atoms with van der Waals surface area (Å²) >= 11 is 1.52. The Kier molecular flexibility index (Phi) is 6.66. The predicted molar refractivity (Wildman–Crippen MR) is 155 cm³/mol. The van der Waals surface area contributed by atoms with Gasteiger partial charge in [-0.15, -0.1) is 11.3 Å². The monoisotopic (exact) mass is 525 g/mol. The number of rotatable bonds is 5. The Hall–Kier alpha value is -3.29. The molecule has 0 radical (unpaired) electrons. The van der Waals surface area contributed by atoms with Gasteiger partial charge in [0.25, 0.3) is 5.91 Å². The highest BCUT2D eigenvalue weighted by molar-refractivity contribution is 7.17. The molecular formula is C31H35N5OS. The van der Waals surface area contributed by atoms with Gasteiger partial charge in [0.15, 0.2) is 5.65 Å².